The Kier molecular flexibility index (Phi) is 3.82. The van der Waals surface area contributed by atoms with Gasteiger partial charge in [-0.1, -0.05) is 0 Å². The Morgan fingerprint density at radius 1 is 1.30 bits per heavy atom. The van der Waals surface area contributed by atoms with Crippen molar-refractivity contribution in [2.45, 2.75) is 32.6 Å². The van der Waals surface area contributed by atoms with Crippen LogP contribution in [0.15, 0.2) is 12.3 Å². The Labute approximate surface area is 131 Å². The summed E-state index contributed by atoms with van der Waals surface area (Å²) in [4.78, 5) is 17.9. The summed E-state index contributed by atoms with van der Waals surface area (Å²) in [6.45, 7) is 4.80. The molecule has 0 amide bonds. The molecule has 0 atom stereocenters. The largest absolute Gasteiger partial charge is 0.369 e. The van der Waals surface area contributed by atoms with E-state index >= 15 is 0 Å². The van der Waals surface area contributed by atoms with E-state index in [-0.39, 0.29) is 0 Å². The summed E-state index contributed by atoms with van der Waals surface area (Å²) < 4.78 is 1.14. The zero-order valence-corrected chi connectivity index (χ0v) is 13.7. The number of aryl methyl sites for hydroxylation is 1. The van der Waals surface area contributed by atoms with Gasteiger partial charge in [0.25, 0.3) is 0 Å². The minimum atomic E-state index is 0.587. The van der Waals surface area contributed by atoms with Crippen LogP contribution in [0.2, 0.25) is 0 Å². The van der Waals surface area contributed by atoms with Gasteiger partial charge >= 0.3 is 0 Å². The molecule has 0 saturated heterocycles. The van der Waals surface area contributed by atoms with Crippen molar-refractivity contribution in [3.63, 3.8) is 0 Å². The second-order valence-corrected chi connectivity index (χ2v) is 5.97. The fourth-order valence-corrected chi connectivity index (χ4v) is 2.94. The number of rotatable bonds is 4. The molecule has 0 aromatic carbocycles. The van der Waals surface area contributed by atoms with Crippen molar-refractivity contribution in [1.82, 2.24) is 19.9 Å². The Morgan fingerprint density at radius 2 is 2.10 bits per heavy atom. The van der Waals surface area contributed by atoms with E-state index in [4.69, 9.17) is 4.98 Å². The molecule has 1 saturated carbocycles. The third-order valence-corrected chi connectivity index (χ3v) is 4.25. The maximum Gasteiger partial charge on any atom is 0.180 e. The van der Waals surface area contributed by atoms with E-state index in [0.717, 1.165) is 33.1 Å². The second kappa shape index (κ2) is 5.59. The van der Waals surface area contributed by atoms with Gasteiger partial charge in [-0.05, 0) is 55.3 Å². The van der Waals surface area contributed by atoms with Crippen LogP contribution in [0.25, 0.3) is 11.5 Å². The Bertz CT molecular complexity index is 639. The van der Waals surface area contributed by atoms with E-state index < -0.39 is 0 Å². The van der Waals surface area contributed by atoms with E-state index in [1.165, 1.54) is 12.8 Å². The third-order valence-electron chi connectivity index (χ3n) is 3.19. The van der Waals surface area contributed by atoms with Gasteiger partial charge in [-0.3, -0.25) is 0 Å². The van der Waals surface area contributed by atoms with E-state index in [9.17, 15) is 0 Å². The Hall–Kier alpha value is -1.31. The first-order valence-corrected chi connectivity index (χ1v) is 7.88. The highest BCUT2D eigenvalue weighted by Gasteiger charge is 2.29. The van der Waals surface area contributed by atoms with Crippen molar-refractivity contribution in [2.75, 3.05) is 11.9 Å². The highest BCUT2D eigenvalue weighted by Crippen LogP contribution is 2.42. The summed E-state index contributed by atoms with van der Waals surface area (Å²) in [6.07, 6.45) is 4.20. The maximum absolute atomic E-state index is 4.74. The predicted octanol–water partition coefficient (Wildman–Crippen LogP) is 3.16. The summed E-state index contributed by atoms with van der Waals surface area (Å²) in [5.74, 6) is 2.93. The van der Waals surface area contributed by atoms with Crippen molar-refractivity contribution < 1.29 is 0 Å². The van der Waals surface area contributed by atoms with Crippen LogP contribution >= 0.6 is 22.6 Å². The van der Waals surface area contributed by atoms with E-state index in [2.05, 4.69) is 49.8 Å². The predicted molar refractivity (Wildman–Crippen MR) is 86.7 cm³/mol. The molecule has 5 nitrogen and oxygen atoms in total. The van der Waals surface area contributed by atoms with Gasteiger partial charge in [0, 0.05) is 18.7 Å². The van der Waals surface area contributed by atoms with Crippen molar-refractivity contribution in [3.05, 3.63) is 27.4 Å². The van der Waals surface area contributed by atoms with Crippen LogP contribution in [0.5, 0.6) is 0 Å². The summed E-state index contributed by atoms with van der Waals surface area (Å²) in [5.41, 5.74) is 1.94. The first kappa shape index (κ1) is 13.7. The van der Waals surface area contributed by atoms with E-state index in [0.29, 0.717) is 11.7 Å². The number of hydrogen-bond acceptors (Lipinski definition) is 5. The molecule has 1 aliphatic carbocycles. The van der Waals surface area contributed by atoms with Gasteiger partial charge in [-0.2, -0.15) is 0 Å². The van der Waals surface area contributed by atoms with Crippen molar-refractivity contribution >= 4 is 28.4 Å². The normalized spacial score (nSPS) is 14.3. The fourth-order valence-electron chi connectivity index (χ4n) is 2.07. The standard InChI is InChI=1S/C14H16IN5/c1-3-16-14-11(15)12(9-4-5-9)19-13(20-14)10-6-7-17-8(2)18-10/h6-7,9H,3-5H2,1-2H3,(H,16,19,20). The molecule has 0 radical (unpaired) electrons. The lowest BCUT2D eigenvalue weighted by Crippen LogP contribution is -2.08. The SMILES string of the molecule is CCNc1nc(-c2ccnc(C)n2)nc(C2CC2)c1I. The van der Waals surface area contributed by atoms with Gasteiger partial charge in [-0.25, -0.2) is 19.9 Å². The zero-order valence-electron chi connectivity index (χ0n) is 11.5. The number of anilines is 1. The van der Waals surface area contributed by atoms with Crippen LogP contribution in [0, 0.1) is 10.5 Å². The van der Waals surface area contributed by atoms with Gasteiger partial charge in [-0.15, -0.1) is 0 Å². The molecule has 1 N–H and O–H groups in total. The molecule has 1 fully saturated rings. The molecule has 0 bridgehead atoms. The maximum atomic E-state index is 4.74. The molecule has 20 heavy (non-hydrogen) atoms. The monoisotopic (exact) mass is 381 g/mol. The van der Waals surface area contributed by atoms with Crippen molar-refractivity contribution in [3.8, 4) is 11.5 Å². The van der Waals surface area contributed by atoms with E-state index in [1.807, 2.05) is 13.0 Å². The number of aromatic nitrogens is 4. The first-order chi connectivity index (χ1) is 9.69. The average Bonchev–Trinajstić information content (AvgIpc) is 3.26. The summed E-state index contributed by atoms with van der Waals surface area (Å²) in [5, 5.41) is 3.32. The Balaban J connectivity index is 2.10. The molecular weight excluding hydrogens is 365 g/mol. The quantitative estimate of drug-likeness (QED) is 0.825. The van der Waals surface area contributed by atoms with Gasteiger partial charge in [0.15, 0.2) is 5.82 Å². The van der Waals surface area contributed by atoms with Gasteiger partial charge in [0.1, 0.15) is 17.3 Å². The van der Waals surface area contributed by atoms with Crippen LogP contribution < -0.4 is 5.32 Å². The fraction of sp³-hybridized carbons (Fsp3) is 0.429. The van der Waals surface area contributed by atoms with Gasteiger partial charge in [0.2, 0.25) is 0 Å². The highest BCUT2D eigenvalue weighted by molar-refractivity contribution is 14.1. The lowest BCUT2D eigenvalue weighted by Gasteiger charge is -2.11. The molecule has 2 heterocycles. The smallest absolute Gasteiger partial charge is 0.180 e. The molecule has 1 aliphatic rings. The van der Waals surface area contributed by atoms with Gasteiger partial charge < -0.3 is 5.32 Å². The number of hydrogen-bond donors (Lipinski definition) is 1. The summed E-state index contributed by atoms with van der Waals surface area (Å²) in [7, 11) is 0. The topological polar surface area (TPSA) is 63.6 Å². The highest BCUT2D eigenvalue weighted by atomic mass is 127. The molecule has 6 heteroatoms. The minimum absolute atomic E-state index is 0.587. The Morgan fingerprint density at radius 3 is 2.75 bits per heavy atom. The molecule has 0 spiro atoms. The van der Waals surface area contributed by atoms with Crippen molar-refractivity contribution in [2.24, 2.45) is 0 Å². The first-order valence-electron chi connectivity index (χ1n) is 6.80. The van der Waals surface area contributed by atoms with Crippen molar-refractivity contribution in [1.29, 1.82) is 0 Å². The molecular formula is C14H16IN5. The average molecular weight is 381 g/mol. The van der Waals surface area contributed by atoms with Gasteiger partial charge in [0.05, 0.1) is 9.26 Å². The van der Waals surface area contributed by atoms with Crippen LogP contribution in [0.1, 0.15) is 37.2 Å². The second-order valence-electron chi connectivity index (χ2n) is 4.89. The van der Waals surface area contributed by atoms with Crippen LogP contribution in [0.4, 0.5) is 5.82 Å². The van der Waals surface area contributed by atoms with Crippen LogP contribution in [-0.4, -0.2) is 26.5 Å². The molecule has 2 aromatic heterocycles. The van der Waals surface area contributed by atoms with E-state index in [1.54, 1.807) is 6.20 Å². The lowest BCUT2D eigenvalue weighted by atomic mass is 10.2. The summed E-state index contributed by atoms with van der Waals surface area (Å²) in [6, 6.07) is 1.86. The number of nitrogens with one attached hydrogen (secondary N) is 1. The van der Waals surface area contributed by atoms with Crippen LogP contribution in [0.3, 0.4) is 0 Å². The number of nitrogens with zero attached hydrogens (tertiary/aromatic N) is 4. The summed E-state index contributed by atoms with van der Waals surface area (Å²) >= 11 is 2.34. The third kappa shape index (κ3) is 2.74. The molecule has 104 valence electrons. The molecule has 2 aromatic rings. The lowest BCUT2D eigenvalue weighted by molar-refractivity contribution is 0.957. The zero-order chi connectivity index (χ0) is 14.1. The molecule has 0 unspecified atom stereocenters. The van der Waals surface area contributed by atoms with Crippen LogP contribution in [-0.2, 0) is 0 Å². The minimum Gasteiger partial charge on any atom is -0.369 e. The number of halogens is 1. The molecule has 3 rings (SSSR count). The molecule has 0 aliphatic heterocycles.